The van der Waals surface area contributed by atoms with Crippen LogP contribution in [0.3, 0.4) is 0 Å². The number of hydrogen-bond donors (Lipinski definition) is 17. The van der Waals surface area contributed by atoms with Crippen LogP contribution < -0.4 is 71.2 Å². The second kappa shape index (κ2) is 31.7. The topological polar surface area (TPSA) is 545 Å². The molecule has 22 N–H and O–H groups in total. The molecule has 1 saturated heterocycles. The normalized spacial score (nSPS) is 16.6. The molecule has 0 aromatic rings. The Bertz CT molecular complexity index is 2090. The lowest BCUT2D eigenvalue weighted by atomic mass is 10.0. The number of carbonyl (C=O) groups is 13. The van der Waals surface area contributed by atoms with Crippen molar-refractivity contribution in [1.82, 2.24) is 47.4 Å². The molecule has 74 heavy (non-hydrogen) atoms. The van der Waals surface area contributed by atoms with Crippen molar-refractivity contribution in [1.29, 1.82) is 0 Å². The van der Waals surface area contributed by atoms with Crippen LogP contribution >= 0.6 is 0 Å². The predicted octanol–water partition coefficient (Wildman–Crippen LogP) is -8.99. The first kappa shape index (κ1) is 64.3. The Morgan fingerprint density at radius 3 is 1.58 bits per heavy atom. The van der Waals surface area contributed by atoms with E-state index in [1.54, 1.807) is 13.8 Å². The highest BCUT2D eigenvalue weighted by Crippen LogP contribution is 2.20. The summed E-state index contributed by atoms with van der Waals surface area (Å²) in [4.78, 5) is 172. The molecular weight excluding hydrogens is 987 g/mol. The molecule has 0 aromatic carbocycles. The van der Waals surface area contributed by atoms with E-state index in [-0.39, 0.29) is 50.7 Å². The molecule has 32 nitrogen and oxygen atoms in total. The fourth-order valence-electron chi connectivity index (χ4n) is 7.01. The summed E-state index contributed by atoms with van der Waals surface area (Å²) in [5.74, 6) is -15.1. The van der Waals surface area contributed by atoms with Crippen LogP contribution in [0.5, 0.6) is 0 Å². The SMILES string of the molecule is CC(C)C[C@H](NC(=O)[C@H](CC(N)=O)NC(=O)[C@H](CO)NC(=O)[C@@H]1CCCN1C(=O)[C@H](CC(N)=O)NC(=O)[C@H](CCC(=O)O)NC(=O)[C@H](CO)NC(=O)[C@H](C)NC(=O)[C@@H](N)CCCN=C(N)N)C(=O)N[C@@H](C)C(=O)O. The van der Waals surface area contributed by atoms with Crippen molar-refractivity contribution in [3.8, 4) is 0 Å². The van der Waals surface area contributed by atoms with Crippen LogP contribution in [0.2, 0.25) is 0 Å². The zero-order chi connectivity index (χ0) is 56.6. The molecule has 0 bridgehead atoms. The van der Waals surface area contributed by atoms with Gasteiger partial charge in [-0.1, -0.05) is 13.8 Å². The summed E-state index contributed by atoms with van der Waals surface area (Å²) in [6.07, 6.45) is -2.67. The number of aliphatic imine (C=N–C) groups is 1. The number of aliphatic hydroxyl groups excluding tert-OH is 2. The van der Waals surface area contributed by atoms with Crippen molar-refractivity contribution in [3.05, 3.63) is 0 Å². The zero-order valence-electron chi connectivity index (χ0n) is 41.4. The molecule has 32 heteroatoms. The highest BCUT2D eigenvalue weighted by molar-refractivity contribution is 6.00. The highest BCUT2D eigenvalue weighted by Gasteiger charge is 2.41. The predicted molar refractivity (Wildman–Crippen MR) is 255 cm³/mol. The van der Waals surface area contributed by atoms with E-state index in [4.69, 9.17) is 28.7 Å². The standard InChI is InChI=1S/C42H71N15O17/c1-18(2)13-23(35(67)50-20(4)41(73)74)52-36(68)24(14-29(44)60)53-38(70)27(17-59)56-39(71)28-8-6-12-57(28)40(72)25(15-30(45)61)54-34(66)22(9-10-31(62)63)51-37(69)26(16-58)55-32(64)19(3)49-33(65)21(43)7-5-11-48-42(46)47/h18-28,58-59H,5-17,43H2,1-4H3,(H2,44,60)(H2,45,61)(H,49,65)(H,50,67)(H,51,69)(H,52,68)(H,53,70)(H,54,66)(H,55,64)(H,56,71)(H,62,63)(H,73,74)(H4,46,47,48)/t19-,20-,21-,22-,23-,24-,25-,26-,27-,28-/m0/s1. The molecular formula is C42H71N15O17. The first-order valence-electron chi connectivity index (χ1n) is 23.3. The third kappa shape index (κ3) is 22.8. The van der Waals surface area contributed by atoms with Crippen molar-refractivity contribution in [2.45, 2.75) is 146 Å². The van der Waals surface area contributed by atoms with Crippen molar-refractivity contribution in [2.24, 2.45) is 39.6 Å². The third-order valence-electron chi connectivity index (χ3n) is 10.9. The Morgan fingerprint density at radius 1 is 0.581 bits per heavy atom. The molecule has 11 amide bonds. The molecule has 1 rings (SSSR count). The Kier molecular flexibility index (Phi) is 27.5. The smallest absolute Gasteiger partial charge is 0.325 e. The average molecular weight is 1060 g/mol. The van der Waals surface area contributed by atoms with Gasteiger partial charge in [0.1, 0.15) is 54.4 Å². The first-order chi connectivity index (χ1) is 34.5. The summed E-state index contributed by atoms with van der Waals surface area (Å²) in [6.45, 7) is 3.60. The summed E-state index contributed by atoms with van der Waals surface area (Å²) in [7, 11) is 0. The van der Waals surface area contributed by atoms with E-state index in [0.29, 0.717) is 6.42 Å². The van der Waals surface area contributed by atoms with Crippen molar-refractivity contribution >= 4 is 82.9 Å². The molecule has 1 aliphatic heterocycles. The van der Waals surface area contributed by atoms with E-state index in [0.717, 1.165) is 4.90 Å². The van der Waals surface area contributed by atoms with Gasteiger partial charge < -0.3 is 96.5 Å². The van der Waals surface area contributed by atoms with Crippen molar-refractivity contribution < 1.29 is 82.8 Å². The molecule has 1 aliphatic rings. The van der Waals surface area contributed by atoms with Gasteiger partial charge >= 0.3 is 11.9 Å². The number of hydrogen-bond acceptors (Lipinski definition) is 17. The first-order valence-corrected chi connectivity index (χ1v) is 23.3. The van der Waals surface area contributed by atoms with Crippen molar-refractivity contribution in [2.75, 3.05) is 26.3 Å². The van der Waals surface area contributed by atoms with Crippen LogP contribution in [0.25, 0.3) is 0 Å². The number of likely N-dealkylation sites (tertiary alicyclic amines) is 1. The highest BCUT2D eigenvalue weighted by atomic mass is 16.4. The third-order valence-corrected chi connectivity index (χ3v) is 10.9. The molecule has 416 valence electrons. The maximum Gasteiger partial charge on any atom is 0.325 e. The lowest BCUT2D eigenvalue weighted by Crippen LogP contribution is -2.61. The zero-order valence-corrected chi connectivity index (χ0v) is 41.4. The number of carboxylic acid groups (broad SMARTS) is 2. The molecule has 0 radical (unpaired) electrons. The Hall–Kier alpha value is -7.74. The number of nitrogens with zero attached hydrogens (tertiary/aromatic N) is 2. The summed E-state index contributed by atoms with van der Waals surface area (Å²) in [6, 6.07) is -15.7. The van der Waals surface area contributed by atoms with Gasteiger partial charge in [0.15, 0.2) is 5.96 Å². The number of carbonyl (C=O) groups excluding carboxylic acids is 11. The molecule has 0 unspecified atom stereocenters. The summed E-state index contributed by atoms with van der Waals surface area (Å²) < 4.78 is 0. The van der Waals surface area contributed by atoms with E-state index in [1.165, 1.54) is 13.8 Å². The maximum atomic E-state index is 14.0. The van der Waals surface area contributed by atoms with Crippen LogP contribution in [0.1, 0.15) is 85.5 Å². The molecule has 0 aromatic heterocycles. The van der Waals surface area contributed by atoms with E-state index in [9.17, 15) is 82.8 Å². The number of aliphatic carboxylic acids is 2. The van der Waals surface area contributed by atoms with Crippen LogP contribution in [0, 0.1) is 5.92 Å². The van der Waals surface area contributed by atoms with Crippen LogP contribution in [-0.4, -0.2) is 195 Å². The molecule has 1 fully saturated rings. The monoisotopic (exact) mass is 1060 g/mol. The minimum atomic E-state index is -1.87. The number of aliphatic hydroxyl groups is 2. The van der Waals surface area contributed by atoms with Gasteiger partial charge in [-0.2, -0.15) is 0 Å². The molecule has 0 aliphatic carbocycles. The average Bonchev–Trinajstić information content (AvgIpc) is 3.81. The van der Waals surface area contributed by atoms with Gasteiger partial charge in [0.05, 0.1) is 32.1 Å². The van der Waals surface area contributed by atoms with E-state index in [2.05, 4.69) is 47.5 Å². The number of nitrogens with one attached hydrogen (secondary N) is 8. The van der Waals surface area contributed by atoms with Crippen LogP contribution in [0.15, 0.2) is 4.99 Å². The van der Waals surface area contributed by atoms with Crippen LogP contribution in [0.4, 0.5) is 0 Å². The summed E-state index contributed by atoms with van der Waals surface area (Å²) >= 11 is 0. The molecule has 10 atom stereocenters. The van der Waals surface area contributed by atoms with Gasteiger partial charge in [-0.3, -0.25) is 67.3 Å². The van der Waals surface area contributed by atoms with E-state index in [1.807, 2.05) is 0 Å². The van der Waals surface area contributed by atoms with Crippen LogP contribution in [-0.2, 0) is 62.3 Å². The number of amides is 11. The van der Waals surface area contributed by atoms with Gasteiger partial charge in [-0.25, -0.2) is 0 Å². The van der Waals surface area contributed by atoms with Gasteiger partial charge in [0, 0.05) is 19.5 Å². The fraction of sp³-hybridized carbons (Fsp3) is 0.667. The Morgan fingerprint density at radius 2 is 1.05 bits per heavy atom. The maximum absolute atomic E-state index is 14.0. The van der Waals surface area contributed by atoms with E-state index < -0.39 is 176 Å². The number of rotatable bonds is 33. The van der Waals surface area contributed by atoms with Crippen molar-refractivity contribution in [3.63, 3.8) is 0 Å². The quantitative estimate of drug-likeness (QED) is 0.0165. The summed E-state index contributed by atoms with van der Waals surface area (Å²) in [5.41, 5.74) is 27.1. The summed E-state index contributed by atoms with van der Waals surface area (Å²) in [5, 5.41) is 56.6. The number of guanidine groups is 1. The number of carboxylic acids is 2. The number of primary amides is 2. The Balaban J connectivity index is 3.24. The van der Waals surface area contributed by atoms with Gasteiger partial charge in [-0.15, -0.1) is 0 Å². The van der Waals surface area contributed by atoms with Gasteiger partial charge in [0.2, 0.25) is 65.0 Å². The fourth-order valence-corrected chi connectivity index (χ4v) is 7.01. The Labute approximate surface area is 424 Å². The van der Waals surface area contributed by atoms with Gasteiger partial charge in [0.25, 0.3) is 0 Å². The number of nitrogens with two attached hydrogens (primary N) is 5. The minimum absolute atomic E-state index is 0.0158. The molecule has 0 spiro atoms. The lowest BCUT2D eigenvalue weighted by molar-refractivity contribution is -0.144. The van der Waals surface area contributed by atoms with Gasteiger partial charge in [-0.05, 0) is 58.3 Å². The van der Waals surface area contributed by atoms with E-state index >= 15 is 0 Å². The largest absolute Gasteiger partial charge is 0.481 e. The molecule has 0 saturated carbocycles. The minimum Gasteiger partial charge on any atom is -0.481 e. The molecule has 1 heterocycles. The lowest BCUT2D eigenvalue weighted by Gasteiger charge is -2.30. The second-order valence-corrected chi connectivity index (χ2v) is 17.7. The second-order valence-electron chi connectivity index (χ2n) is 17.7.